The second-order valence-electron chi connectivity index (χ2n) is 5.66. The van der Waals surface area contributed by atoms with E-state index in [2.05, 4.69) is 21.2 Å². The number of carbonyl (C=O) groups is 2. The van der Waals surface area contributed by atoms with E-state index in [1.54, 1.807) is 0 Å². The van der Waals surface area contributed by atoms with Crippen LogP contribution in [0.2, 0.25) is 0 Å². The van der Waals surface area contributed by atoms with E-state index >= 15 is 0 Å². The number of rotatable bonds is 13. The van der Waals surface area contributed by atoms with Crippen LogP contribution in [0.3, 0.4) is 0 Å². The van der Waals surface area contributed by atoms with Gasteiger partial charge in [0.2, 0.25) is 5.91 Å². The van der Waals surface area contributed by atoms with Crippen LogP contribution in [0.5, 0.6) is 0 Å². The number of alkyl halides is 1. The standard InChI is InChI=1S/C15H28BrNO6/c1-15(2,3)23-14(19)4-6-20-8-10-22-11-9-21-7-5-17-13(18)12-16/h4-12H2,1-3H3,(H,17,18). The highest BCUT2D eigenvalue weighted by Gasteiger charge is 2.15. The normalized spacial score (nSPS) is 11.3. The summed E-state index contributed by atoms with van der Waals surface area (Å²) in [7, 11) is 0. The van der Waals surface area contributed by atoms with E-state index in [4.69, 9.17) is 18.9 Å². The number of amides is 1. The number of carbonyl (C=O) groups excluding carboxylic acids is 2. The van der Waals surface area contributed by atoms with E-state index in [-0.39, 0.29) is 18.3 Å². The highest BCUT2D eigenvalue weighted by Crippen LogP contribution is 2.07. The predicted octanol–water partition coefficient (Wildman–Crippen LogP) is 1.28. The highest BCUT2D eigenvalue weighted by molar-refractivity contribution is 9.09. The van der Waals surface area contributed by atoms with E-state index in [9.17, 15) is 9.59 Å². The minimum Gasteiger partial charge on any atom is -0.460 e. The van der Waals surface area contributed by atoms with Crippen molar-refractivity contribution >= 4 is 27.8 Å². The fourth-order valence-electron chi connectivity index (χ4n) is 1.40. The molecule has 0 bridgehead atoms. The molecular formula is C15H28BrNO6. The van der Waals surface area contributed by atoms with Crippen molar-refractivity contribution in [3.05, 3.63) is 0 Å². The number of esters is 1. The fraction of sp³-hybridized carbons (Fsp3) is 0.867. The molecule has 0 atom stereocenters. The highest BCUT2D eigenvalue weighted by atomic mass is 79.9. The lowest BCUT2D eigenvalue weighted by Crippen LogP contribution is -2.28. The summed E-state index contributed by atoms with van der Waals surface area (Å²) < 4.78 is 21.0. The zero-order chi connectivity index (χ0) is 17.6. The van der Waals surface area contributed by atoms with Crippen molar-refractivity contribution < 1.29 is 28.5 Å². The molecule has 23 heavy (non-hydrogen) atoms. The molecule has 0 radical (unpaired) electrons. The van der Waals surface area contributed by atoms with Gasteiger partial charge in [0.05, 0.1) is 51.4 Å². The first-order chi connectivity index (χ1) is 10.8. The molecule has 0 aliphatic carbocycles. The third-order valence-electron chi connectivity index (χ3n) is 2.30. The number of ether oxygens (including phenoxy) is 4. The lowest BCUT2D eigenvalue weighted by molar-refractivity contribution is -0.156. The second-order valence-corrected chi connectivity index (χ2v) is 6.22. The smallest absolute Gasteiger partial charge is 0.308 e. The Morgan fingerprint density at radius 3 is 1.96 bits per heavy atom. The molecule has 0 aromatic heterocycles. The maximum absolute atomic E-state index is 11.4. The Balaban J connectivity index is 3.22. The molecule has 0 saturated carbocycles. The molecule has 0 unspecified atom stereocenters. The molecular weight excluding hydrogens is 370 g/mol. The van der Waals surface area contributed by atoms with Crippen LogP contribution >= 0.6 is 15.9 Å². The van der Waals surface area contributed by atoms with Crippen LogP contribution in [-0.2, 0) is 28.5 Å². The molecule has 7 nitrogen and oxygen atoms in total. The van der Waals surface area contributed by atoms with Gasteiger partial charge in [-0.1, -0.05) is 15.9 Å². The second kappa shape index (κ2) is 13.7. The van der Waals surface area contributed by atoms with Crippen molar-refractivity contribution in [2.75, 3.05) is 51.5 Å². The topological polar surface area (TPSA) is 83.1 Å². The van der Waals surface area contributed by atoms with Gasteiger partial charge in [0.15, 0.2) is 0 Å². The summed E-state index contributed by atoms with van der Waals surface area (Å²) in [6.45, 7) is 8.53. The van der Waals surface area contributed by atoms with Gasteiger partial charge >= 0.3 is 5.97 Å². The Labute approximate surface area is 146 Å². The molecule has 0 aliphatic heterocycles. The van der Waals surface area contributed by atoms with Gasteiger partial charge in [0.1, 0.15) is 5.60 Å². The van der Waals surface area contributed by atoms with Gasteiger partial charge in [0.25, 0.3) is 0 Å². The molecule has 0 heterocycles. The third kappa shape index (κ3) is 17.5. The largest absolute Gasteiger partial charge is 0.460 e. The van der Waals surface area contributed by atoms with Crippen molar-refractivity contribution in [1.82, 2.24) is 5.32 Å². The van der Waals surface area contributed by atoms with Crippen molar-refractivity contribution in [3.8, 4) is 0 Å². The zero-order valence-electron chi connectivity index (χ0n) is 14.2. The van der Waals surface area contributed by atoms with Crippen LogP contribution < -0.4 is 5.32 Å². The molecule has 0 rings (SSSR count). The average molecular weight is 398 g/mol. The van der Waals surface area contributed by atoms with Crippen LogP contribution in [-0.4, -0.2) is 69.0 Å². The van der Waals surface area contributed by atoms with Crippen LogP contribution in [0.4, 0.5) is 0 Å². The van der Waals surface area contributed by atoms with Crippen LogP contribution in [0.25, 0.3) is 0 Å². The van der Waals surface area contributed by atoms with Gasteiger partial charge in [-0.3, -0.25) is 9.59 Å². The van der Waals surface area contributed by atoms with E-state index < -0.39 is 5.60 Å². The quantitative estimate of drug-likeness (QED) is 0.286. The summed E-state index contributed by atoms with van der Waals surface area (Å²) in [5.74, 6) is -0.327. The van der Waals surface area contributed by atoms with Gasteiger partial charge in [0, 0.05) is 6.54 Å². The monoisotopic (exact) mass is 397 g/mol. The first-order valence-electron chi connectivity index (χ1n) is 7.63. The predicted molar refractivity (Wildman–Crippen MR) is 89.7 cm³/mol. The first kappa shape index (κ1) is 22.3. The zero-order valence-corrected chi connectivity index (χ0v) is 15.8. The summed E-state index contributed by atoms with van der Waals surface area (Å²) in [6.07, 6.45) is 0.237. The summed E-state index contributed by atoms with van der Waals surface area (Å²) in [5, 5.41) is 2.97. The molecule has 1 N–H and O–H groups in total. The Hall–Kier alpha value is -0.700. The van der Waals surface area contributed by atoms with Crippen LogP contribution in [0, 0.1) is 0 Å². The van der Waals surface area contributed by atoms with E-state index in [0.29, 0.717) is 51.5 Å². The van der Waals surface area contributed by atoms with E-state index in [0.717, 1.165) is 0 Å². The molecule has 0 aromatic rings. The summed E-state index contributed by atoms with van der Waals surface area (Å²) in [6, 6.07) is 0. The third-order valence-corrected chi connectivity index (χ3v) is 2.81. The summed E-state index contributed by atoms with van der Waals surface area (Å²) in [4.78, 5) is 22.3. The number of nitrogens with one attached hydrogen (secondary N) is 1. The van der Waals surface area contributed by atoms with Crippen LogP contribution in [0.1, 0.15) is 27.2 Å². The van der Waals surface area contributed by atoms with Gasteiger partial charge in [-0.2, -0.15) is 0 Å². The first-order valence-corrected chi connectivity index (χ1v) is 8.75. The van der Waals surface area contributed by atoms with E-state index in [1.807, 2.05) is 20.8 Å². The lowest BCUT2D eigenvalue weighted by atomic mass is 10.2. The van der Waals surface area contributed by atoms with Crippen molar-refractivity contribution in [3.63, 3.8) is 0 Å². The fourth-order valence-corrected chi connectivity index (χ4v) is 1.60. The van der Waals surface area contributed by atoms with Gasteiger partial charge in [-0.25, -0.2) is 0 Å². The van der Waals surface area contributed by atoms with Gasteiger partial charge in [-0.15, -0.1) is 0 Å². The summed E-state index contributed by atoms with van der Waals surface area (Å²) >= 11 is 3.05. The minimum absolute atomic E-state index is 0.0617. The van der Waals surface area contributed by atoms with Gasteiger partial charge < -0.3 is 24.3 Å². The molecule has 1 amide bonds. The maximum atomic E-state index is 11.4. The molecule has 0 aliphatic rings. The molecule has 136 valence electrons. The van der Waals surface area contributed by atoms with Crippen molar-refractivity contribution in [2.45, 2.75) is 32.8 Å². The minimum atomic E-state index is -0.461. The van der Waals surface area contributed by atoms with Crippen molar-refractivity contribution in [1.29, 1.82) is 0 Å². The van der Waals surface area contributed by atoms with Gasteiger partial charge in [-0.05, 0) is 20.8 Å². The number of hydrogen-bond acceptors (Lipinski definition) is 6. The number of hydrogen-bond donors (Lipinski definition) is 1. The molecule has 0 saturated heterocycles. The Bertz CT molecular complexity index is 332. The Morgan fingerprint density at radius 1 is 0.913 bits per heavy atom. The average Bonchev–Trinajstić information content (AvgIpc) is 2.46. The molecule has 0 fully saturated rings. The molecule has 0 aromatic carbocycles. The Kier molecular flexibility index (Phi) is 13.3. The number of halogens is 1. The van der Waals surface area contributed by atoms with Crippen molar-refractivity contribution in [2.24, 2.45) is 0 Å². The lowest BCUT2D eigenvalue weighted by Gasteiger charge is -2.19. The summed E-state index contributed by atoms with van der Waals surface area (Å²) in [5.41, 5.74) is -0.461. The van der Waals surface area contributed by atoms with Crippen LogP contribution in [0.15, 0.2) is 0 Å². The Morgan fingerprint density at radius 2 is 1.43 bits per heavy atom. The van der Waals surface area contributed by atoms with E-state index in [1.165, 1.54) is 0 Å². The maximum Gasteiger partial charge on any atom is 0.308 e. The SMILES string of the molecule is CC(C)(C)OC(=O)CCOCCOCCOCCNC(=O)CBr. The molecule has 0 spiro atoms. The molecule has 8 heteroatoms.